The number of ketones is 1. The van der Waals surface area contributed by atoms with Gasteiger partial charge in [-0.05, 0) is 76.7 Å². The van der Waals surface area contributed by atoms with E-state index in [0.717, 1.165) is 17.9 Å². The topological polar surface area (TPSA) is 79.3 Å². The highest BCUT2D eigenvalue weighted by atomic mass is 16.5. The molecule has 1 aliphatic heterocycles. The Bertz CT molecular complexity index is 1120. The minimum absolute atomic E-state index is 0.0762. The molecule has 2 aromatic carbocycles. The van der Waals surface area contributed by atoms with Crippen LogP contribution in [0.4, 0.5) is 0 Å². The number of ether oxygens (including phenoxy) is 2. The van der Waals surface area contributed by atoms with E-state index in [4.69, 9.17) is 9.47 Å². The Labute approximate surface area is 214 Å². The molecule has 1 fully saturated rings. The molecule has 1 amide bonds. The van der Waals surface area contributed by atoms with Crippen LogP contribution in [0, 0.1) is 12.8 Å². The van der Waals surface area contributed by atoms with Crippen LogP contribution in [0.1, 0.15) is 49.9 Å². The van der Waals surface area contributed by atoms with Gasteiger partial charge in [0.15, 0.2) is 0 Å². The van der Waals surface area contributed by atoms with Crippen LogP contribution in [0.25, 0.3) is 5.76 Å². The van der Waals surface area contributed by atoms with Crippen LogP contribution in [0.15, 0.2) is 48.0 Å². The van der Waals surface area contributed by atoms with Crippen molar-refractivity contribution in [3.63, 3.8) is 0 Å². The summed E-state index contributed by atoms with van der Waals surface area (Å²) in [6.45, 7) is 10.1. The highest BCUT2D eigenvalue weighted by molar-refractivity contribution is 6.46. The van der Waals surface area contributed by atoms with Gasteiger partial charge in [0.2, 0.25) is 0 Å². The van der Waals surface area contributed by atoms with Crippen LogP contribution in [-0.4, -0.2) is 67.0 Å². The maximum atomic E-state index is 13.3. The smallest absolute Gasteiger partial charge is 0.295 e. The number of aliphatic hydroxyl groups excluding tert-OH is 1. The van der Waals surface area contributed by atoms with Gasteiger partial charge in [0.25, 0.3) is 11.7 Å². The van der Waals surface area contributed by atoms with Crippen molar-refractivity contribution in [2.45, 2.75) is 40.2 Å². The number of likely N-dealkylation sites (tertiary alicyclic amines) is 1. The van der Waals surface area contributed by atoms with E-state index in [2.05, 4.69) is 13.8 Å². The number of nitrogens with zero attached hydrogens (tertiary/aromatic N) is 2. The van der Waals surface area contributed by atoms with Gasteiger partial charge in [-0.1, -0.05) is 32.0 Å². The van der Waals surface area contributed by atoms with Crippen molar-refractivity contribution in [2.75, 3.05) is 40.4 Å². The molecule has 7 heteroatoms. The average Bonchev–Trinajstić information content (AvgIpc) is 3.08. The van der Waals surface area contributed by atoms with Crippen molar-refractivity contribution in [1.82, 2.24) is 9.80 Å². The zero-order chi connectivity index (χ0) is 26.4. The van der Waals surface area contributed by atoms with Gasteiger partial charge in [-0.15, -0.1) is 0 Å². The number of carbonyl (C=O) groups is 2. The highest BCUT2D eigenvalue weighted by Crippen LogP contribution is 2.43. The number of Topliss-reactive ketones (excluding diaryl/α,β-unsaturated/α-hetero) is 1. The highest BCUT2D eigenvalue weighted by Gasteiger charge is 2.46. The largest absolute Gasteiger partial charge is 0.507 e. The summed E-state index contributed by atoms with van der Waals surface area (Å²) in [5.41, 5.74) is 2.06. The second-order valence-corrected chi connectivity index (χ2v) is 9.81. The molecular weight excluding hydrogens is 456 g/mol. The predicted octanol–water partition coefficient (Wildman–Crippen LogP) is 4.80. The lowest BCUT2D eigenvalue weighted by molar-refractivity contribution is -0.140. The summed E-state index contributed by atoms with van der Waals surface area (Å²) in [5, 5.41) is 11.4. The lowest BCUT2D eigenvalue weighted by Crippen LogP contribution is -2.32. The van der Waals surface area contributed by atoms with E-state index in [1.807, 2.05) is 57.1 Å². The molecule has 1 N–H and O–H groups in total. The Morgan fingerprint density at radius 2 is 1.81 bits per heavy atom. The number of carbonyl (C=O) groups excluding carboxylic acids is 2. The fraction of sp³-hybridized carbons (Fsp3) is 0.448. The maximum Gasteiger partial charge on any atom is 0.295 e. The lowest BCUT2D eigenvalue weighted by Gasteiger charge is -2.27. The minimum atomic E-state index is -0.743. The predicted molar refractivity (Wildman–Crippen MR) is 141 cm³/mol. The monoisotopic (exact) mass is 494 g/mol. The van der Waals surface area contributed by atoms with Crippen LogP contribution >= 0.6 is 0 Å². The summed E-state index contributed by atoms with van der Waals surface area (Å²) in [5.74, 6) is 0.197. The molecule has 0 aromatic heterocycles. The van der Waals surface area contributed by atoms with Crippen molar-refractivity contribution in [3.8, 4) is 11.5 Å². The number of hydrogen-bond acceptors (Lipinski definition) is 6. The second-order valence-electron chi connectivity index (χ2n) is 9.81. The molecule has 194 valence electrons. The molecule has 1 atom stereocenters. The number of benzene rings is 2. The minimum Gasteiger partial charge on any atom is -0.507 e. The van der Waals surface area contributed by atoms with E-state index < -0.39 is 17.7 Å². The van der Waals surface area contributed by atoms with Gasteiger partial charge < -0.3 is 24.4 Å². The number of aryl methyl sites for hydroxylation is 1. The SMILES string of the molecule is CCOc1ccccc1[C@@H]1C(=C(O)c2ccc(OCC(C)C)c(C)c2)C(=O)C(=O)N1CCCN(C)C. The van der Waals surface area contributed by atoms with Gasteiger partial charge in [0.05, 0.1) is 24.8 Å². The first-order valence-corrected chi connectivity index (χ1v) is 12.5. The van der Waals surface area contributed by atoms with Gasteiger partial charge in [-0.2, -0.15) is 0 Å². The molecule has 3 rings (SSSR count). The second kappa shape index (κ2) is 12.1. The van der Waals surface area contributed by atoms with Crippen molar-refractivity contribution < 1.29 is 24.2 Å². The summed E-state index contributed by atoms with van der Waals surface area (Å²) in [6, 6.07) is 11.9. The third-order valence-electron chi connectivity index (χ3n) is 6.08. The maximum absolute atomic E-state index is 13.3. The van der Waals surface area contributed by atoms with Gasteiger partial charge in [-0.25, -0.2) is 0 Å². The molecule has 7 nitrogen and oxygen atoms in total. The molecule has 0 unspecified atom stereocenters. The summed E-state index contributed by atoms with van der Waals surface area (Å²) in [6.07, 6.45) is 0.689. The van der Waals surface area contributed by atoms with E-state index in [1.54, 1.807) is 23.1 Å². The van der Waals surface area contributed by atoms with Crippen LogP contribution in [0.5, 0.6) is 11.5 Å². The normalized spacial score (nSPS) is 17.3. The van der Waals surface area contributed by atoms with E-state index in [-0.39, 0.29) is 11.3 Å². The molecular formula is C29H38N2O5. The lowest BCUT2D eigenvalue weighted by atomic mass is 9.94. The van der Waals surface area contributed by atoms with Crippen molar-refractivity contribution >= 4 is 17.4 Å². The molecule has 2 aromatic rings. The Kier molecular flexibility index (Phi) is 9.15. The van der Waals surface area contributed by atoms with Crippen molar-refractivity contribution in [2.24, 2.45) is 5.92 Å². The molecule has 1 heterocycles. The van der Waals surface area contributed by atoms with Crippen LogP contribution < -0.4 is 9.47 Å². The molecule has 0 saturated carbocycles. The Morgan fingerprint density at radius 1 is 1.08 bits per heavy atom. The van der Waals surface area contributed by atoms with E-state index in [9.17, 15) is 14.7 Å². The van der Waals surface area contributed by atoms with Gasteiger partial charge in [0.1, 0.15) is 17.3 Å². The van der Waals surface area contributed by atoms with E-state index >= 15 is 0 Å². The molecule has 0 bridgehead atoms. The van der Waals surface area contributed by atoms with Crippen molar-refractivity contribution in [1.29, 1.82) is 0 Å². The summed E-state index contributed by atoms with van der Waals surface area (Å²) in [7, 11) is 3.93. The average molecular weight is 495 g/mol. The molecule has 1 aliphatic rings. The third kappa shape index (κ3) is 6.08. The summed E-state index contributed by atoms with van der Waals surface area (Å²) < 4.78 is 11.7. The summed E-state index contributed by atoms with van der Waals surface area (Å²) in [4.78, 5) is 30.1. The first-order valence-electron chi connectivity index (χ1n) is 12.5. The Hall–Kier alpha value is -3.32. The van der Waals surface area contributed by atoms with Crippen LogP contribution in [0.2, 0.25) is 0 Å². The van der Waals surface area contributed by atoms with Crippen LogP contribution in [-0.2, 0) is 9.59 Å². The third-order valence-corrected chi connectivity index (χ3v) is 6.08. The zero-order valence-corrected chi connectivity index (χ0v) is 22.2. The van der Waals surface area contributed by atoms with E-state index in [0.29, 0.717) is 49.0 Å². The fourth-order valence-electron chi connectivity index (χ4n) is 4.36. The zero-order valence-electron chi connectivity index (χ0n) is 22.2. The Morgan fingerprint density at radius 3 is 2.44 bits per heavy atom. The molecule has 36 heavy (non-hydrogen) atoms. The van der Waals surface area contributed by atoms with Gasteiger partial charge in [0, 0.05) is 17.7 Å². The van der Waals surface area contributed by atoms with Gasteiger partial charge >= 0.3 is 0 Å². The first-order chi connectivity index (χ1) is 17.1. The standard InChI is InChI=1S/C29H38N2O5/c1-7-35-24-12-9-8-11-22(24)26-25(28(33)29(34)31(26)16-10-15-30(5)6)27(32)21-13-14-23(20(4)17-21)36-18-19(2)3/h8-9,11-14,17,19,26,32H,7,10,15-16,18H2,1-6H3/t26-/m1/s1. The number of rotatable bonds is 11. The first kappa shape index (κ1) is 27.3. The number of aliphatic hydroxyl groups is 1. The number of amides is 1. The van der Waals surface area contributed by atoms with Crippen molar-refractivity contribution in [3.05, 3.63) is 64.7 Å². The number of hydrogen-bond donors (Lipinski definition) is 1. The number of para-hydroxylation sites is 1. The van der Waals surface area contributed by atoms with Crippen LogP contribution in [0.3, 0.4) is 0 Å². The van der Waals surface area contributed by atoms with Gasteiger partial charge in [-0.3, -0.25) is 9.59 Å². The Balaban J connectivity index is 2.09. The van der Waals surface area contributed by atoms with E-state index in [1.165, 1.54) is 0 Å². The molecule has 0 aliphatic carbocycles. The summed E-state index contributed by atoms with van der Waals surface area (Å²) >= 11 is 0. The molecule has 1 saturated heterocycles. The molecule has 0 spiro atoms. The quantitative estimate of drug-likeness (QED) is 0.275. The fourth-order valence-corrected chi connectivity index (χ4v) is 4.36. The molecule has 0 radical (unpaired) electrons.